The van der Waals surface area contributed by atoms with Crippen LogP contribution >= 0.6 is 69.5 Å². The maximum Gasteiger partial charge on any atom is 0.313 e. The summed E-state index contributed by atoms with van der Waals surface area (Å²) >= 11 is 25.7. The summed E-state index contributed by atoms with van der Waals surface area (Å²) in [6.07, 6.45) is 0. The number of hydrogen-bond donors (Lipinski definition) is 0. The topological polar surface area (TPSA) is 47.0 Å². The molecule has 0 saturated heterocycles. The Morgan fingerprint density at radius 3 is 1.71 bits per heavy atom. The molecule has 0 spiro atoms. The van der Waals surface area contributed by atoms with Gasteiger partial charge in [-0.15, -0.1) is 0 Å². The Balaban J connectivity index is 0.000000364. The second-order valence-corrected chi connectivity index (χ2v) is 4.35. The molecule has 0 aliphatic rings. The molecule has 0 amide bonds. The average Bonchev–Trinajstić information content (AvgIpc) is 2.31. The highest BCUT2D eigenvalue weighted by Gasteiger charge is 2.14. The zero-order chi connectivity index (χ0) is 11.3. The molecule has 0 N–H and O–H groups in total. The van der Waals surface area contributed by atoms with Gasteiger partial charge in [0, 0.05) is 0 Å². The van der Waals surface area contributed by atoms with Gasteiger partial charge in [0.2, 0.25) is 0 Å². The molecule has 78 valence electrons. The first-order valence-electron chi connectivity index (χ1n) is 2.71. The number of nitrogens with zero attached hydrogens (tertiary/aromatic N) is 1. The van der Waals surface area contributed by atoms with Gasteiger partial charge in [-0.2, -0.15) is 4.37 Å². The zero-order valence-electron chi connectivity index (χ0n) is 6.06. The molecule has 0 fully saturated rings. The lowest BCUT2D eigenvalue weighted by Gasteiger charge is -1.83. The van der Waals surface area contributed by atoms with Gasteiger partial charge in [-0.1, -0.05) is 23.2 Å². The minimum atomic E-state index is -0.889. The van der Waals surface area contributed by atoms with Crippen LogP contribution in [0, 0.1) is 0 Å². The van der Waals surface area contributed by atoms with E-state index in [1.165, 1.54) is 0 Å². The molecule has 1 heterocycles. The molecule has 0 bridgehead atoms. The van der Waals surface area contributed by atoms with Crippen molar-refractivity contribution < 1.29 is 9.59 Å². The minimum absolute atomic E-state index is 0.121. The summed E-state index contributed by atoms with van der Waals surface area (Å²) in [6.45, 7) is 0. The highest BCUT2D eigenvalue weighted by molar-refractivity contribution is 7.11. The second-order valence-electron chi connectivity index (χ2n) is 1.62. The molecule has 0 aromatic carbocycles. The highest BCUT2D eigenvalue weighted by atomic mass is 35.5. The first kappa shape index (κ1) is 14.4. The Labute approximate surface area is 108 Å². The van der Waals surface area contributed by atoms with E-state index in [1.807, 2.05) is 0 Å². The van der Waals surface area contributed by atoms with Crippen LogP contribution < -0.4 is 0 Å². The number of aromatic nitrogens is 1. The predicted octanol–water partition coefficient (Wildman–Crippen LogP) is 4.41. The van der Waals surface area contributed by atoms with Gasteiger partial charge in [0.15, 0.2) is 5.15 Å². The van der Waals surface area contributed by atoms with Crippen LogP contribution in [-0.2, 0) is 0 Å². The highest BCUT2D eigenvalue weighted by Crippen LogP contribution is 2.29. The Morgan fingerprint density at radius 1 is 1.14 bits per heavy atom. The Kier molecular flexibility index (Phi) is 7.03. The van der Waals surface area contributed by atoms with Crippen molar-refractivity contribution in [2.24, 2.45) is 0 Å². The lowest BCUT2D eigenvalue weighted by Crippen LogP contribution is -1.81. The SMILES string of the molecule is O=C(Cl)Cl.O=C(Cl)c1snc(Cl)c1Cl. The zero-order valence-corrected chi connectivity index (χ0v) is 10.7. The van der Waals surface area contributed by atoms with E-state index in [0.29, 0.717) is 0 Å². The molecule has 0 atom stereocenters. The van der Waals surface area contributed by atoms with Gasteiger partial charge in [-0.3, -0.25) is 9.59 Å². The van der Waals surface area contributed by atoms with Gasteiger partial charge in [-0.25, -0.2) is 0 Å². The van der Waals surface area contributed by atoms with Crippen LogP contribution in [0.5, 0.6) is 0 Å². The van der Waals surface area contributed by atoms with Gasteiger partial charge in [0.25, 0.3) is 5.24 Å². The van der Waals surface area contributed by atoms with Crippen molar-refractivity contribution in [3.05, 3.63) is 15.1 Å². The fourth-order valence-electron chi connectivity index (χ4n) is 0.382. The van der Waals surface area contributed by atoms with Crippen LogP contribution in [-0.4, -0.2) is 14.3 Å². The molecule has 1 aromatic heterocycles. The molecule has 14 heavy (non-hydrogen) atoms. The molecular formula is C5Cl5NO2S. The third-order valence-electron chi connectivity index (χ3n) is 0.776. The average molecular weight is 315 g/mol. The second kappa shape index (κ2) is 6.82. The largest absolute Gasteiger partial charge is 0.313 e. The van der Waals surface area contributed by atoms with E-state index in [2.05, 4.69) is 27.6 Å². The molecule has 3 nitrogen and oxygen atoms in total. The molecule has 0 radical (unpaired) electrons. The van der Waals surface area contributed by atoms with E-state index in [-0.39, 0.29) is 15.1 Å². The summed E-state index contributed by atoms with van der Waals surface area (Å²) in [5, 5.41) is -0.378. The summed E-state index contributed by atoms with van der Waals surface area (Å²) in [5.74, 6) is 0. The smallest absolute Gasteiger partial charge is 0.275 e. The first-order chi connectivity index (χ1) is 6.36. The first-order valence-corrected chi connectivity index (χ1v) is 5.38. The normalized spacial score (nSPS) is 8.93. The molecule has 9 heteroatoms. The van der Waals surface area contributed by atoms with E-state index in [4.69, 9.17) is 39.6 Å². The third kappa shape index (κ3) is 5.34. The summed E-state index contributed by atoms with van der Waals surface area (Å²) < 4.78 is 2.72. The quantitative estimate of drug-likeness (QED) is 0.721. The Bertz CT molecular complexity index is 348. The molecule has 0 aliphatic heterocycles. The van der Waals surface area contributed by atoms with Gasteiger partial charge in [0.05, 0.1) is 0 Å². The lowest BCUT2D eigenvalue weighted by atomic mass is 10.5. The molecule has 1 rings (SSSR count). The van der Waals surface area contributed by atoms with Crippen molar-refractivity contribution in [1.82, 2.24) is 4.37 Å². The van der Waals surface area contributed by atoms with Crippen molar-refractivity contribution in [3.8, 4) is 0 Å². The number of carbonyl (C=O) groups excluding carboxylic acids is 2. The predicted molar refractivity (Wildman–Crippen MR) is 59.4 cm³/mol. The van der Waals surface area contributed by atoms with Crippen LogP contribution in [0.25, 0.3) is 0 Å². The van der Waals surface area contributed by atoms with E-state index in [0.717, 1.165) is 11.5 Å². The molecule has 1 aromatic rings. The number of hydrogen-bond acceptors (Lipinski definition) is 4. The summed E-state index contributed by atoms with van der Waals surface area (Å²) in [5.41, 5.74) is 0. The van der Waals surface area contributed by atoms with Crippen LogP contribution in [0.2, 0.25) is 10.2 Å². The molecule has 0 aliphatic carbocycles. The van der Waals surface area contributed by atoms with Crippen molar-refractivity contribution in [2.75, 3.05) is 0 Å². The van der Waals surface area contributed by atoms with Crippen molar-refractivity contribution in [3.63, 3.8) is 0 Å². The van der Waals surface area contributed by atoms with Crippen LogP contribution in [0.4, 0.5) is 4.79 Å². The molecular weight excluding hydrogens is 315 g/mol. The van der Waals surface area contributed by atoms with Crippen LogP contribution in [0.15, 0.2) is 0 Å². The van der Waals surface area contributed by atoms with Gasteiger partial charge >= 0.3 is 4.70 Å². The number of carbonyl (C=O) groups is 2. The maximum absolute atomic E-state index is 10.5. The van der Waals surface area contributed by atoms with Crippen LogP contribution in [0.3, 0.4) is 0 Å². The fourth-order valence-corrected chi connectivity index (χ4v) is 1.68. The summed E-state index contributed by atoms with van der Waals surface area (Å²) in [6, 6.07) is 0. The lowest BCUT2D eigenvalue weighted by molar-refractivity contribution is 0.108. The standard InChI is InChI=1S/C4Cl3NOS.CCl2O/c5-1-2(4(7)9)10-8-3(1)6;2-1(3)4. The summed E-state index contributed by atoms with van der Waals surface area (Å²) in [4.78, 5) is 19.6. The van der Waals surface area contributed by atoms with E-state index >= 15 is 0 Å². The van der Waals surface area contributed by atoms with Crippen molar-refractivity contribution in [1.29, 1.82) is 0 Å². The fraction of sp³-hybridized carbons (Fsp3) is 0. The summed E-state index contributed by atoms with van der Waals surface area (Å²) in [7, 11) is 0. The van der Waals surface area contributed by atoms with Gasteiger partial charge in [-0.05, 0) is 46.3 Å². The maximum atomic E-state index is 10.5. The van der Waals surface area contributed by atoms with E-state index in [1.54, 1.807) is 0 Å². The third-order valence-corrected chi connectivity index (χ3v) is 2.87. The van der Waals surface area contributed by atoms with Crippen molar-refractivity contribution >= 4 is 79.5 Å². The number of rotatable bonds is 1. The Hall–Kier alpha value is 0.420. The number of halogens is 5. The van der Waals surface area contributed by atoms with Crippen LogP contribution in [0.1, 0.15) is 9.67 Å². The van der Waals surface area contributed by atoms with Gasteiger partial charge < -0.3 is 0 Å². The van der Waals surface area contributed by atoms with Crippen molar-refractivity contribution in [2.45, 2.75) is 0 Å². The monoisotopic (exact) mass is 313 g/mol. The molecule has 0 saturated carbocycles. The van der Waals surface area contributed by atoms with E-state index < -0.39 is 9.94 Å². The van der Waals surface area contributed by atoms with E-state index in [9.17, 15) is 4.79 Å². The molecule has 0 unspecified atom stereocenters. The minimum Gasteiger partial charge on any atom is -0.275 e. The van der Waals surface area contributed by atoms with Gasteiger partial charge in [0.1, 0.15) is 9.90 Å². The Morgan fingerprint density at radius 2 is 1.57 bits per heavy atom.